The Bertz CT molecular complexity index is 647. The van der Waals surface area contributed by atoms with Gasteiger partial charge in [-0.1, -0.05) is 30.3 Å². The lowest BCUT2D eigenvalue weighted by Gasteiger charge is -1.98. The lowest BCUT2D eigenvalue weighted by atomic mass is 10.1. The zero-order chi connectivity index (χ0) is 17.2. The maximum absolute atomic E-state index is 10.9. The largest absolute Gasteiger partial charge is 0.478 e. The molecule has 0 aromatic heterocycles. The summed E-state index contributed by atoms with van der Waals surface area (Å²) < 4.78 is 0. The molecule has 2 aromatic carbocycles. The summed E-state index contributed by atoms with van der Waals surface area (Å²) >= 11 is 0. The molecular weight excluding hydrogens is 304 g/mol. The van der Waals surface area contributed by atoms with Crippen molar-refractivity contribution in [3.63, 3.8) is 0 Å². The van der Waals surface area contributed by atoms with Crippen molar-refractivity contribution in [1.29, 1.82) is 0 Å². The second-order valence-electron chi connectivity index (χ2n) is 4.06. The predicted octanol–water partition coefficient (Wildman–Crippen LogP) is 2.49. The van der Waals surface area contributed by atoms with Gasteiger partial charge in [0.1, 0.15) is 0 Å². The number of carbonyl (C=O) groups excluding carboxylic acids is 1. The van der Waals surface area contributed by atoms with Crippen molar-refractivity contribution in [3.8, 4) is 0 Å². The Balaban J connectivity index is 0.000000231. The molecule has 0 atom stereocenters. The van der Waals surface area contributed by atoms with Gasteiger partial charge in [0.15, 0.2) is 0 Å². The van der Waals surface area contributed by atoms with Crippen molar-refractivity contribution in [3.05, 3.63) is 71.3 Å². The zero-order valence-electron chi connectivity index (χ0n) is 12.1. The first-order valence-electron chi connectivity index (χ1n) is 6.33. The van der Waals surface area contributed by atoms with Gasteiger partial charge in [-0.25, -0.2) is 14.4 Å². The van der Waals surface area contributed by atoms with E-state index >= 15 is 0 Å². The van der Waals surface area contributed by atoms with Gasteiger partial charge in [0.25, 0.3) is 0 Å². The molecule has 0 aliphatic carbocycles. The second kappa shape index (κ2) is 8.96. The van der Waals surface area contributed by atoms with Gasteiger partial charge in [-0.2, -0.15) is 4.89 Å². The molecule has 2 rings (SSSR count). The maximum Gasteiger partial charge on any atom is 0.373 e. The van der Waals surface area contributed by atoms with Crippen molar-refractivity contribution in [2.45, 2.75) is 0 Å². The van der Waals surface area contributed by atoms with E-state index in [4.69, 9.17) is 10.2 Å². The summed E-state index contributed by atoms with van der Waals surface area (Å²) in [5.74, 6) is -2.94. The topological polar surface area (TPSA) is 110 Å². The maximum atomic E-state index is 10.9. The van der Waals surface area contributed by atoms with E-state index in [0.717, 1.165) is 0 Å². The second-order valence-corrected chi connectivity index (χ2v) is 4.06. The highest BCUT2D eigenvalue weighted by Gasteiger charge is 2.13. The Morgan fingerprint density at radius 1 is 0.783 bits per heavy atom. The monoisotopic (exact) mass is 318 g/mol. The van der Waals surface area contributed by atoms with Crippen LogP contribution in [0.2, 0.25) is 0 Å². The minimum absolute atomic E-state index is 0.190. The Morgan fingerprint density at radius 2 is 1.22 bits per heavy atom. The standard InChI is InChI=1S/C8H6O4.C8H8O3/c9-7(10)5-3-1-2-4-6(5)8(11)12;1-10-11-8(9)7-5-3-2-4-6-7/h1-4H,(H,9,10)(H,11,12);2-6H,1H3. The highest BCUT2D eigenvalue weighted by atomic mass is 17.2. The van der Waals surface area contributed by atoms with Crippen LogP contribution in [0.5, 0.6) is 0 Å². The molecule has 7 heteroatoms. The molecule has 23 heavy (non-hydrogen) atoms. The molecule has 0 saturated heterocycles. The third-order valence-corrected chi connectivity index (χ3v) is 2.56. The first kappa shape index (κ1) is 17.9. The van der Waals surface area contributed by atoms with Crippen LogP contribution in [0, 0.1) is 0 Å². The SMILES string of the molecule is COOC(=O)c1ccccc1.O=C(O)c1ccccc1C(=O)O. The lowest BCUT2D eigenvalue weighted by molar-refractivity contribution is -0.216. The summed E-state index contributed by atoms with van der Waals surface area (Å²) in [7, 11) is 1.29. The van der Waals surface area contributed by atoms with Crippen LogP contribution < -0.4 is 0 Å². The average molecular weight is 318 g/mol. The van der Waals surface area contributed by atoms with E-state index in [9.17, 15) is 14.4 Å². The van der Waals surface area contributed by atoms with Crippen LogP contribution in [-0.2, 0) is 9.78 Å². The number of carbonyl (C=O) groups is 3. The minimum Gasteiger partial charge on any atom is -0.478 e. The van der Waals surface area contributed by atoms with Crippen LogP contribution in [0.1, 0.15) is 31.1 Å². The fourth-order valence-electron chi connectivity index (χ4n) is 1.55. The summed E-state index contributed by atoms with van der Waals surface area (Å²) in [6.45, 7) is 0. The van der Waals surface area contributed by atoms with Crippen molar-refractivity contribution in [2.75, 3.05) is 7.11 Å². The molecule has 2 N–H and O–H groups in total. The fraction of sp³-hybridized carbons (Fsp3) is 0.0625. The van der Waals surface area contributed by atoms with Crippen LogP contribution in [-0.4, -0.2) is 35.2 Å². The third kappa shape index (κ3) is 5.60. The van der Waals surface area contributed by atoms with Crippen molar-refractivity contribution >= 4 is 17.9 Å². The van der Waals surface area contributed by atoms with Gasteiger partial charge in [-0.05, 0) is 24.3 Å². The summed E-state index contributed by atoms with van der Waals surface area (Å²) in [6.07, 6.45) is 0. The summed E-state index contributed by atoms with van der Waals surface area (Å²) in [5.41, 5.74) is 0.101. The Labute approximate surface area is 131 Å². The van der Waals surface area contributed by atoms with E-state index in [1.165, 1.54) is 31.4 Å². The first-order chi connectivity index (χ1) is 11.0. The molecule has 0 spiro atoms. The van der Waals surface area contributed by atoms with Crippen LogP contribution in [0.4, 0.5) is 0 Å². The average Bonchev–Trinajstić information content (AvgIpc) is 2.56. The molecule has 0 radical (unpaired) electrons. The molecule has 0 bridgehead atoms. The van der Waals surface area contributed by atoms with E-state index in [1.54, 1.807) is 24.3 Å². The molecule has 0 amide bonds. The number of benzene rings is 2. The third-order valence-electron chi connectivity index (χ3n) is 2.56. The molecule has 0 saturated carbocycles. The van der Waals surface area contributed by atoms with E-state index < -0.39 is 17.9 Å². The first-order valence-corrected chi connectivity index (χ1v) is 6.33. The Kier molecular flexibility index (Phi) is 6.96. The zero-order valence-corrected chi connectivity index (χ0v) is 12.1. The lowest BCUT2D eigenvalue weighted by Crippen LogP contribution is -2.06. The van der Waals surface area contributed by atoms with E-state index in [0.29, 0.717) is 5.56 Å². The highest BCUT2D eigenvalue weighted by Crippen LogP contribution is 2.07. The van der Waals surface area contributed by atoms with E-state index in [-0.39, 0.29) is 11.1 Å². The molecule has 7 nitrogen and oxygen atoms in total. The smallest absolute Gasteiger partial charge is 0.373 e. The van der Waals surface area contributed by atoms with Crippen LogP contribution in [0.15, 0.2) is 54.6 Å². The normalized spacial score (nSPS) is 9.26. The molecule has 0 aliphatic heterocycles. The van der Waals surface area contributed by atoms with E-state index in [1.807, 2.05) is 6.07 Å². The number of carboxylic acids is 2. The molecule has 2 aromatic rings. The quantitative estimate of drug-likeness (QED) is 0.658. The van der Waals surface area contributed by atoms with Crippen LogP contribution >= 0.6 is 0 Å². The molecule has 0 unspecified atom stereocenters. The summed E-state index contributed by atoms with van der Waals surface area (Å²) in [4.78, 5) is 40.3. The van der Waals surface area contributed by atoms with Gasteiger partial charge >= 0.3 is 17.9 Å². The number of rotatable bonds is 4. The van der Waals surface area contributed by atoms with Crippen molar-refractivity contribution in [1.82, 2.24) is 0 Å². The Hall–Kier alpha value is -3.19. The molecular formula is C16H14O7. The fourth-order valence-corrected chi connectivity index (χ4v) is 1.55. The number of aromatic carboxylic acids is 2. The van der Waals surface area contributed by atoms with Crippen LogP contribution in [0.3, 0.4) is 0 Å². The molecule has 0 aliphatic rings. The highest BCUT2D eigenvalue weighted by molar-refractivity contribution is 6.01. The Morgan fingerprint density at radius 3 is 1.61 bits per heavy atom. The molecule has 0 fully saturated rings. The van der Waals surface area contributed by atoms with Crippen molar-refractivity contribution < 1.29 is 34.4 Å². The van der Waals surface area contributed by atoms with Gasteiger partial charge in [0, 0.05) is 0 Å². The summed E-state index contributed by atoms with van der Waals surface area (Å²) in [5, 5.41) is 17.1. The molecule has 0 heterocycles. The van der Waals surface area contributed by atoms with Gasteiger partial charge in [0.2, 0.25) is 0 Å². The van der Waals surface area contributed by atoms with Gasteiger partial charge in [-0.3, -0.25) is 4.89 Å². The minimum atomic E-state index is -1.23. The number of hydrogen-bond donors (Lipinski definition) is 2. The van der Waals surface area contributed by atoms with Gasteiger partial charge < -0.3 is 10.2 Å². The number of carboxylic acid groups (broad SMARTS) is 2. The van der Waals surface area contributed by atoms with Crippen LogP contribution in [0.25, 0.3) is 0 Å². The molecule has 120 valence electrons. The van der Waals surface area contributed by atoms with Gasteiger partial charge in [0.05, 0.1) is 23.8 Å². The summed E-state index contributed by atoms with van der Waals surface area (Å²) in [6, 6.07) is 14.1. The predicted molar refractivity (Wildman–Crippen MR) is 79.2 cm³/mol. The van der Waals surface area contributed by atoms with E-state index in [2.05, 4.69) is 9.78 Å². The van der Waals surface area contributed by atoms with Crippen molar-refractivity contribution in [2.24, 2.45) is 0 Å². The number of hydrogen-bond acceptors (Lipinski definition) is 5. The van der Waals surface area contributed by atoms with Gasteiger partial charge in [-0.15, -0.1) is 0 Å².